The van der Waals surface area contributed by atoms with E-state index in [1.165, 1.54) is 0 Å². The molecule has 0 saturated carbocycles. The Balaban J connectivity index is 2.89. The van der Waals surface area contributed by atoms with Crippen LogP contribution in [0.2, 0.25) is 0 Å². The summed E-state index contributed by atoms with van der Waals surface area (Å²) in [6, 6.07) is 6.25. The maximum absolute atomic E-state index is 11.1. The zero-order valence-corrected chi connectivity index (χ0v) is 10.1. The molecule has 2 N–H and O–H groups in total. The molecule has 0 aliphatic heterocycles. The molecule has 0 radical (unpaired) electrons. The van der Waals surface area contributed by atoms with Crippen LogP contribution in [-0.4, -0.2) is 11.8 Å². The van der Waals surface area contributed by atoms with E-state index < -0.39 is 0 Å². The normalized spacial score (nSPS) is 9.29. The van der Waals surface area contributed by atoms with Crippen molar-refractivity contribution in [1.82, 2.24) is 8.69 Å². The maximum Gasteiger partial charge on any atom is 0.261 e. The van der Waals surface area contributed by atoms with Gasteiger partial charge in [0.15, 0.2) is 0 Å². The second-order valence-electron chi connectivity index (χ2n) is 2.42. The van der Waals surface area contributed by atoms with Crippen LogP contribution in [0.4, 0.5) is 0 Å². The minimum atomic E-state index is -0.254. The van der Waals surface area contributed by atoms with Gasteiger partial charge in [0.05, 0.1) is 0 Å². The molecule has 0 fully saturated rings. The second kappa shape index (κ2) is 5.11. The Bertz CT molecular complexity index is 316. The third-order valence-electron chi connectivity index (χ3n) is 1.58. The Morgan fingerprint density at radius 3 is 1.36 bits per heavy atom. The van der Waals surface area contributed by atoms with Gasteiger partial charge in [-0.1, -0.05) is 0 Å². The summed E-state index contributed by atoms with van der Waals surface area (Å²) >= 11 is 5.65. The van der Waals surface area contributed by atoms with Gasteiger partial charge in [0.1, 0.15) is 0 Å². The zero-order valence-electron chi connectivity index (χ0n) is 6.88. The van der Waals surface area contributed by atoms with Crippen LogP contribution in [-0.2, 0) is 0 Å². The molecule has 2 amide bonds. The average Bonchev–Trinajstić information content (AvgIpc) is 2.27. The molecule has 0 aromatic heterocycles. The molecule has 1 aromatic rings. The summed E-state index contributed by atoms with van der Waals surface area (Å²) in [4.78, 5) is 22.2. The molecule has 4 nitrogen and oxygen atoms in total. The van der Waals surface area contributed by atoms with Gasteiger partial charge in [-0.15, -0.1) is 0 Å². The number of carbonyl (C=O) groups is 2. The van der Waals surface area contributed by atoms with Crippen molar-refractivity contribution >= 4 is 44.1 Å². The lowest BCUT2D eigenvalue weighted by atomic mass is 10.1. The standard InChI is InChI=1S/C8H6Br2N2O2/c9-11-7(13)5-1-2-6(4-3-5)8(14)12-10/h1-4H,(H,11,13)(H,12,14). The van der Waals surface area contributed by atoms with Crippen LogP contribution in [0.15, 0.2) is 24.3 Å². The Morgan fingerprint density at radius 1 is 0.857 bits per heavy atom. The fraction of sp³-hybridized carbons (Fsp3) is 0. The summed E-state index contributed by atoms with van der Waals surface area (Å²) < 4.78 is 4.62. The van der Waals surface area contributed by atoms with E-state index >= 15 is 0 Å². The van der Waals surface area contributed by atoms with Crippen LogP contribution >= 0.6 is 32.3 Å². The van der Waals surface area contributed by atoms with Gasteiger partial charge in [-0.3, -0.25) is 18.3 Å². The van der Waals surface area contributed by atoms with Crippen molar-refractivity contribution in [3.8, 4) is 0 Å². The lowest BCUT2D eigenvalue weighted by molar-refractivity contribution is 0.0974. The Morgan fingerprint density at radius 2 is 1.14 bits per heavy atom. The van der Waals surface area contributed by atoms with Crippen LogP contribution in [0, 0.1) is 0 Å². The van der Waals surface area contributed by atoms with Gasteiger partial charge < -0.3 is 0 Å². The summed E-state index contributed by atoms with van der Waals surface area (Å²) in [7, 11) is 0. The minimum absolute atomic E-state index is 0.254. The first-order chi connectivity index (χ1) is 6.69. The fourth-order valence-corrected chi connectivity index (χ4v) is 1.34. The van der Waals surface area contributed by atoms with E-state index in [1.807, 2.05) is 0 Å². The largest absolute Gasteiger partial charge is 0.289 e. The highest BCUT2D eigenvalue weighted by Crippen LogP contribution is 2.05. The maximum atomic E-state index is 11.1. The molecule has 0 heterocycles. The third-order valence-corrected chi connectivity index (χ3v) is 2.30. The molecule has 6 heteroatoms. The van der Waals surface area contributed by atoms with Crippen LogP contribution in [0.1, 0.15) is 20.7 Å². The summed E-state index contributed by atoms with van der Waals surface area (Å²) in [5.41, 5.74) is 0.959. The topological polar surface area (TPSA) is 58.2 Å². The Labute approximate surface area is 97.7 Å². The highest BCUT2D eigenvalue weighted by Gasteiger charge is 2.06. The van der Waals surface area contributed by atoms with Crippen molar-refractivity contribution in [2.75, 3.05) is 0 Å². The first kappa shape index (κ1) is 11.2. The monoisotopic (exact) mass is 320 g/mol. The van der Waals surface area contributed by atoms with E-state index in [-0.39, 0.29) is 11.8 Å². The molecule has 0 saturated heterocycles. The highest BCUT2D eigenvalue weighted by molar-refractivity contribution is 9.08. The van der Waals surface area contributed by atoms with Crippen LogP contribution < -0.4 is 8.69 Å². The predicted molar refractivity (Wildman–Crippen MR) is 59.2 cm³/mol. The highest BCUT2D eigenvalue weighted by atomic mass is 79.9. The van der Waals surface area contributed by atoms with Gasteiger partial charge in [-0.05, 0) is 24.3 Å². The minimum Gasteiger partial charge on any atom is -0.289 e. The van der Waals surface area contributed by atoms with Crippen molar-refractivity contribution in [3.63, 3.8) is 0 Å². The third kappa shape index (κ3) is 2.55. The fourth-order valence-electron chi connectivity index (χ4n) is 0.882. The summed E-state index contributed by atoms with van der Waals surface area (Å²) in [5.74, 6) is -0.508. The van der Waals surface area contributed by atoms with Gasteiger partial charge >= 0.3 is 0 Å². The van der Waals surface area contributed by atoms with Crippen molar-refractivity contribution < 1.29 is 9.59 Å². The van der Waals surface area contributed by atoms with Crippen molar-refractivity contribution in [2.24, 2.45) is 0 Å². The van der Waals surface area contributed by atoms with Gasteiger partial charge in [0.25, 0.3) is 11.8 Å². The van der Waals surface area contributed by atoms with E-state index in [2.05, 4.69) is 41.0 Å². The lowest BCUT2D eigenvalue weighted by Gasteiger charge is -2.00. The average molecular weight is 322 g/mol. The van der Waals surface area contributed by atoms with E-state index in [0.29, 0.717) is 11.1 Å². The molecule has 0 unspecified atom stereocenters. The van der Waals surface area contributed by atoms with Gasteiger partial charge in [0, 0.05) is 43.4 Å². The molecule has 0 spiro atoms. The number of carbonyl (C=O) groups excluding carboxylic acids is 2. The molecule has 0 aliphatic carbocycles. The lowest BCUT2D eigenvalue weighted by Crippen LogP contribution is -2.14. The van der Waals surface area contributed by atoms with Crippen molar-refractivity contribution in [1.29, 1.82) is 0 Å². The molecular weight excluding hydrogens is 316 g/mol. The number of rotatable bonds is 2. The smallest absolute Gasteiger partial charge is 0.261 e. The number of benzene rings is 1. The van der Waals surface area contributed by atoms with Crippen molar-refractivity contribution in [3.05, 3.63) is 35.4 Å². The van der Waals surface area contributed by atoms with Gasteiger partial charge in [0.2, 0.25) is 0 Å². The first-order valence-electron chi connectivity index (χ1n) is 3.61. The quantitative estimate of drug-likeness (QED) is 0.816. The van der Waals surface area contributed by atoms with Crippen LogP contribution in [0.25, 0.3) is 0 Å². The predicted octanol–water partition coefficient (Wildman–Crippen LogP) is 1.77. The molecule has 0 atom stereocenters. The van der Waals surface area contributed by atoms with Gasteiger partial charge in [-0.2, -0.15) is 0 Å². The molecular formula is C8H6Br2N2O2. The van der Waals surface area contributed by atoms with Crippen LogP contribution in [0.5, 0.6) is 0 Å². The summed E-state index contributed by atoms with van der Waals surface area (Å²) in [6.45, 7) is 0. The number of halogens is 2. The molecule has 14 heavy (non-hydrogen) atoms. The molecule has 0 aliphatic rings. The first-order valence-corrected chi connectivity index (χ1v) is 5.19. The Hall–Kier alpha value is -0.880. The van der Waals surface area contributed by atoms with E-state index in [0.717, 1.165) is 0 Å². The van der Waals surface area contributed by atoms with Gasteiger partial charge in [-0.25, -0.2) is 0 Å². The molecule has 1 aromatic carbocycles. The van der Waals surface area contributed by atoms with Crippen LogP contribution in [0.3, 0.4) is 0 Å². The molecule has 1 rings (SSSR count). The summed E-state index contributed by atoms with van der Waals surface area (Å²) in [5, 5.41) is 0. The zero-order chi connectivity index (χ0) is 10.6. The summed E-state index contributed by atoms with van der Waals surface area (Å²) in [6.07, 6.45) is 0. The number of nitrogens with one attached hydrogen (secondary N) is 2. The Kier molecular flexibility index (Phi) is 4.09. The SMILES string of the molecule is O=C(NBr)c1ccc(C(=O)NBr)cc1. The number of hydrogen-bond acceptors (Lipinski definition) is 2. The van der Waals surface area contributed by atoms with Crippen molar-refractivity contribution in [2.45, 2.75) is 0 Å². The molecule has 0 bridgehead atoms. The van der Waals surface area contributed by atoms with E-state index in [4.69, 9.17) is 0 Å². The van der Waals surface area contributed by atoms with E-state index in [1.54, 1.807) is 24.3 Å². The molecule has 74 valence electrons. The van der Waals surface area contributed by atoms with E-state index in [9.17, 15) is 9.59 Å². The number of amides is 2. The number of hydrogen-bond donors (Lipinski definition) is 2. The second-order valence-corrected chi connectivity index (χ2v) is 3.22.